The van der Waals surface area contributed by atoms with E-state index in [-0.39, 0.29) is 104 Å². The van der Waals surface area contributed by atoms with Crippen molar-refractivity contribution >= 4 is 65.3 Å². The third-order valence-corrected chi connectivity index (χ3v) is 15.0. The maximum atomic E-state index is 12.0. The topological polar surface area (TPSA) is 322 Å². The largest absolute Gasteiger partial charge is 0.481 e. The Morgan fingerprint density at radius 3 is 1.17 bits per heavy atom. The third-order valence-electron chi connectivity index (χ3n) is 15.0. The van der Waals surface area contributed by atoms with Gasteiger partial charge in [-0.3, -0.25) is 43.2 Å². The number of unbranched alkanes of at least 4 members (excludes halogenated alkanes) is 5. The van der Waals surface area contributed by atoms with Crippen molar-refractivity contribution in [2.45, 2.75) is 142 Å². The van der Waals surface area contributed by atoms with Crippen molar-refractivity contribution in [2.24, 2.45) is 0 Å². The number of benzene rings is 5. The molecule has 5 aromatic carbocycles. The number of rotatable bonds is 31. The van der Waals surface area contributed by atoms with Gasteiger partial charge in [-0.2, -0.15) is 0 Å². The van der Waals surface area contributed by atoms with Crippen LogP contribution < -0.4 is 21.3 Å². The molecule has 3 unspecified atom stereocenters. The van der Waals surface area contributed by atoms with Gasteiger partial charge < -0.3 is 66.0 Å². The molecule has 110 heavy (non-hydrogen) atoms. The summed E-state index contributed by atoms with van der Waals surface area (Å²) in [6.45, 7) is 6.44. The number of aliphatic hydroxyl groups excluding tert-OH is 3. The van der Waals surface area contributed by atoms with E-state index in [9.17, 15) is 52.3 Å². The highest BCUT2D eigenvalue weighted by Gasteiger charge is 2.14. The zero-order chi connectivity index (χ0) is 82.2. The Kier molecular flexibility index (Phi) is 50.7. The number of amides is 8. The molecular formula is C86H111FN8O15. The number of hydrogen-bond donors (Lipinski definition) is 8. The highest BCUT2D eigenvalue weighted by Crippen LogP contribution is 2.13. The van der Waals surface area contributed by atoms with Crippen LogP contribution in [0.25, 0.3) is 6.08 Å². The maximum Gasteiger partial charge on any atom is 0.338 e. The molecule has 5 rings (SSSR count). The first kappa shape index (κ1) is 96.6. The second-order valence-corrected chi connectivity index (χ2v) is 25.7. The first-order valence-electron chi connectivity index (χ1n) is 36.4. The van der Waals surface area contributed by atoms with Gasteiger partial charge in [-0.25, -0.2) is 9.18 Å². The number of nitrogens with one attached hydrogen (secondary N) is 4. The minimum absolute atomic E-state index is 0.0266. The average molecular weight is 1520 g/mol. The fourth-order valence-corrected chi connectivity index (χ4v) is 8.72. The first-order valence-corrected chi connectivity index (χ1v) is 36.4. The van der Waals surface area contributed by atoms with Crippen LogP contribution in [0.4, 0.5) is 4.39 Å². The monoisotopic (exact) mass is 1510 g/mol. The van der Waals surface area contributed by atoms with Gasteiger partial charge in [0.2, 0.25) is 23.6 Å². The lowest BCUT2D eigenvalue weighted by Gasteiger charge is -2.10. The van der Waals surface area contributed by atoms with E-state index in [0.29, 0.717) is 85.8 Å². The van der Waals surface area contributed by atoms with Crippen molar-refractivity contribution < 1.29 is 77.5 Å². The number of aliphatic hydroxyl groups is 3. The summed E-state index contributed by atoms with van der Waals surface area (Å²) in [7, 11) is 13.9. The van der Waals surface area contributed by atoms with Crippen molar-refractivity contribution in [1.29, 1.82) is 0 Å². The van der Waals surface area contributed by atoms with Gasteiger partial charge in [0.25, 0.3) is 23.6 Å². The second kappa shape index (κ2) is 57.7. The Labute approximate surface area is 649 Å². The van der Waals surface area contributed by atoms with Gasteiger partial charge in [0, 0.05) is 183 Å². The van der Waals surface area contributed by atoms with Gasteiger partial charge in [-0.1, -0.05) is 95.9 Å². The summed E-state index contributed by atoms with van der Waals surface area (Å²) in [6.07, 6.45) is 12.9. The molecule has 24 heteroatoms. The molecule has 0 aromatic heterocycles. The third kappa shape index (κ3) is 45.3. The number of carbonyl (C=O) groups is 10. The van der Waals surface area contributed by atoms with Gasteiger partial charge in [-0.05, 0) is 157 Å². The smallest absolute Gasteiger partial charge is 0.338 e. The molecule has 0 radical (unpaired) electrons. The number of carboxylic acid groups (broad SMARTS) is 1. The molecule has 0 aliphatic rings. The highest BCUT2D eigenvalue weighted by atomic mass is 19.1. The van der Waals surface area contributed by atoms with Gasteiger partial charge in [0.1, 0.15) is 6.67 Å². The number of esters is 1. The normalized spacial score (nSPS) is 10.7. The average Bonchev–Trinajstić information content (AvgIpc) is 0.906. The number of aliphatic carboxylic acids is 1. The summed E-state index contributed by atoms with van der Waals surface area (Å²) in [5, 5.41) is 45.9. The van der Waals surface area contributed by atoms with Crippen LogP contribution in [0, 0.1) is 47.4 Å². The zero-order valence-electron chi connectivity index (χ0n) is 65.7. The molecule has 0 saturated carbocycles. The summed E-state index contributed by atoms with van der Waals surface area (Å²) in [5.74, 6) is 22.1. The van der Waals surface area contributed by atoms with Crippen LogP contribution in [-0.2, 0) is 28.7 Å². The van der Waals surface area contributed by atoms with E-state index in [4.69, 9.17) is 25.2 Å². The fourth-order valence-electron chi connectivity index (χ4n) is 8.72. The number of alkyl halides is 1. The highest BCUT2D eigenvalue weighted by molar-refractivity contribution is 5.96. The predicted molar refractivity (Wildman–Crippen MR) is 427 cm³/mol. The van der Waals surface area contributed by atoms with Crippen LogP contribution >= 0.6 is 0 Å². The minimum atomic E-state index is -0.814. The number of halogens is 1. The molecule has 0 heterocycles. The van der Waals surface area contributed by atoms with E-state index in [1.165, 1.54) is 4.90 Å². The molecule has 0 aliphatic carbocycles. The molecule has 0 saturated heterocycles. The number of allylic oxidation sites excluding steroid dienone is 1. The molecular weight excluding hydrogens is 1400 g/mol. The molecule has 0 aliphatic heterocycles. The minimum Gasteiger partial charge on any atom is -0.481 e. The van der Waals surface area contributed by atoms with Crippen LogP contribution in [0.15, 0.2) is 127 Å². The standard InChI is InChI=1S/C19H26N2O3.C18H24N2O3.C17H23FN2O2.C17H22N2O3.C15H16O4/c1-15(14-22)20-19(24)17-11-8-10-16(13-17)9-6-4-5-7-12-18(23)21(2)3;1-14(13-21)19-18(23)16-10-7-9-15(12-16)8-5-4-6-11-17(22)20(2)3;1-20(2)16(21)10-5-3-4-7-14-8-6-9-15(13-14)17(22)19-12-11-18;1-13(12-20)18-17(22)15-9-6-8-14(11-15)7-4-5-10-16(21)19(2)3;1-2-19-15(18)13-9-6-8-12(11-13)7-4-3-5-10-14(16)17/h8,10-11,13,15,22H,4-5,7,12,14H2,1-3H3,(H,20,24);7,9-10,12,14,21H,4,6,11,13H2,1-3H3,(H,19,23);4,6-9,13H,3,5,10-12H2,1-2H3,(H,19,22);6,8-9,11,13,20H,5,10,12H2,1-3H3,(H,18,22);6,8-9,11H,2-3,5,10H2,1H3,(H,16,17)/b;;7-4-;;. The lowest BCUT2D eigenvalue weighted by Crippen LogP contribution is -2.34. The van der Waals surface area contributed by atoms with E-state index in [0.717, 1.165) is 66.3 Å². The number of nitrogens with zero attached hydrogens (tertiary/aromatic N) is 4. The van der Waals surface area contributed by atoms with Crippen molar-refractivity contribution in [3.63, 3.8) is 0 Å². The van der Waals surface area contributed by atoms with Crippen LogP contribution in [0.1, 0.15) is 204 Å². The van der Waals surface area contributed by atoms with Crippen molar-refractivity contribution in [2.75, 3.05) is 96.0 Å². The Morgan fingerprint density at radius 2 is 0.782 bits per heavy atom. The first-order chi connectivity index (χ1) is 52.5. The molecule has 5 aromatic rings. The summed E-state index contributed by atoms with van der Waals surface area (Å²) in [6, 6.07) is 34.3. The lowest BCUT2D eigenvalue weighted by molar-refractivity contribution is -0.137. The molecule has 0 fully saturated rings. The molecule has 592 valence electrons. The SMILES string of the molecule is CC(CO)NC(=O)c1cccc(C#CCCC(=O)N(C)C)c1.CC(CO)NC(=O)c1cccc(C#CCCCC(=O)N(C)C)c1.CC(CO)NC(=O)c1cccc(C#CCCCCC(=O)N(C)C)c1.CCOC(=O)c1cccc(C#CCCCC(=O)O)c1.CN(C)C(=O)CCC/C=C\c1cccc(C(=O)NCCF)c1. The fraction of sp³-hybridized carbons (Fsp3) is 0.419. The van der Waals surface area contributed by atoms with Gasteiger partial charge in [0.05, 0.1) is 32.0 Å². The zero-order valence-corrected chi connectivity index (χ0v) is 65.7. The molecule has 23 nitrogen and oxygen atoms in total. The van der Waals surface area contributed by atoms with Crippen LogP contribution in [0.5, 0.6) is 0 Å². The van der Waals surface area contributed by atoms with Crippen molar-refractivity contribution in [3.05, 3.63) is 183 Å². The van der Waals surface area contributed by atoms with E-state index in [1.54, 1.807) is 196 Å². The predicted octanol–water partition coefficient (Wildman–Crippen LogP) is 9.35. The van der Waals surface area contributed by atoms with Crippen LogP contribution in [0.3, 0.4) is 0 Å². The molecule has 8 amide bonds. The number of carboxylic acids is 1. The van der Waals surface area contributed by atoms with Crippen molar-refractivity contribution in [3.8, 4) is 47.4 Å². The van der Waals surface area contributed by atoms with E-state index >= 15 is 0 Å². The Bertz CT molecular complexity index is 4030. The molecule has 0 bridgehead atoms. The van der Waals surface area contributed by atoms with Gasteiger partial charge in [0.15, 0.2) is 0 Å². The van der Waals surface area contributed by atoms with Gasteiger partial charge >= 0.3 is 11.9 Å². The molecule has 3 atom stereocenters. The second-order valence-electron chi connectivity index (χ2n) is 25.7. The quantitative estimate of drug-likeness (QED) is 0.0116. The van der Waals surface area contributed by atoms with E-state index < -0.39 is 12.6 Å². The van der Waals surface area contributed by atoms with E-state index in [2.05, 4.69) is 68.6 Å². The number of ether oxygens (including phenoxy) is 1. The van der Waals surface area contributed by atoms with Crippen LogP contribution in [-0.4, -0.2) is 213 Å². The Morgan fingerprint density at radius 1 is 0.436 bits per heavy atom. The molecule has 8 N–H and O–H groups in total. The Balaban J connectivity index is 0.000000689. The summed E-state index contributed by atoms with van der Waals surface area (Å²) in [5.41, 5.74) is 6.42. The number of carbonyl (C=O) groups excluding carboxylic acids is 9. The van der Waals surface area contributed by atoms with Gasteiger partial charge in [-0.15, -0.1) is 0 Å². The summed E-state index contributed by atoms with van der Waals surface area (Å²) in [4.78, 5) is 121. The lowest BCUT2D eigenvalue weighted by atomic mass is 10.1. The Hall–Kier alpha value is -11.4. The van der Waals surface area contributed by atoms with Crippen LogP contribution in [0.2, 0.25) is 0 Å². The summed E-state index contributed by atoms with van der Waals surface area (Å²) < 4.78 is 16.9. The maximum absolute atomic E-state index is 12.0. The molecule has 0 spiro atoms. The van der Waals surface area contributed by atoms with E-state index in [1.807, 2.05) is 36.4 Å². The number of hydrogen-bond acceptors (Lipinski definition) is 14. The summed E-state index contributed by atoms with van der Waals surface area (Å²) >= 11 is 0. The van der Waals surface area contributed by atoms with Crippen molar-refractivity contribution in [1.82, 2.24) is 40.9 Å².